The van der Waals surface area contributed by atoms with E-state index in [1.807, 2.05) is 0 Å². The zero-order valence-corrected chi connectivity index (χ0v) is 10.2. The lowest BCUT2D eigenvalue weighted by Gasteiger charge is -2.03. The third-order valence-electron chi connectivity index (χ3n) is 1.88. The van der Waals surface area contributed by atoms with Gasteiger partial charge in [-0.2, -0.15) is 4.98 Å². The highest BCUT2D eigenvalue weighted by Gasteiger charge is 2.19. The average molecular weight is 280 g/mol. The number of nitrogens with two attached hydrogens (primary N) is 3. The van der Waals surface area contributed by atoms with Crippen LogP contribution in [-0.4, -0.2) is 24.9 Å². The van der Waals surface area contributed by atoms with E-state index < -0.39 is 4.92 Å². The quantitative estimate of drug-likeness (QED) is 0.302. The van der Waals surface area contributed by atoms with Gasteiger partial charge in [0.05, 0.1) is 4.92 Å². The number of aromatic nitrogens is 4. The molecule has 0 bridgehead atoms. The van der Waals surface area contributed by atoms with Crippen molar-refractivity contribution in [3.63, 3.8) is 0 Å². The lowest BCUT2D eigenvalue weighted by atomic mass is 10.5. The Morgan fingerprint density at radius 3 is 2.37 bits per heavy atom. The molecule has 0 spiro atoms. The Morgan fingerprint density at radius 1 is 1.16 bits per heavy atom. The van der Waals surface area contributed by atoms with Crippen molar-refractivity contribution in [2.24, 2.45) is 0 Å². The number of rotatable bonds is 3. The summed E-state index contributed by atoms with van der Waals surface area (Å²) >= 11 is 0.830. The third-order valence-corrected chi connectivity index (χ3v) is 2.74. The first-order valence-electron chi connectivity index (χ1n) is 4.80. The molecule has 0 aliphatic carbocycles. The molecule has 19 heavy (non-hydrogen) atoms. The minimum atomic E-state index is -0.628. The average Bonchev–Trinajstić information content (AvgIpc) is 2.26. The Labute approximate surface area is 110 Å². The van der Waals surface area contributed by atoms with Crippen molar-refractivity contribution in [1.82, 2.24) is 19.9 Å². The Kier molecular flexibility index (Phi) is 3.29. The zero-order valence-electron chi connectivity index (χ0n) is 9.35. The maximum Gasteiger partial charge on any atom is 0.320 e. The fourth-order valence-electron chi connectivity index (χ4n) is 1.17. The van der Waals surface area contributed by atoms with Crippen molar-refractivity contribution in [3.05, 3.63) is 22.4 Å². The van der Waals surface area contributed by atoms with E-state index in [0.29, 0.717) is 0 Å². The fourth-order valence-corrected chi connectivity index (χ4v) is 2.01. The van der Waals surface area contributed by atoms with Crippen LogP contribution in [0.1, 0.15) is 0 Å². The van der Waals surface area contributed by atoms with Gasteiger partial charge in [-0.15, -0.1) is 0 Å². The van der Waals surface area contributed by atoms with Crippen LogP contribution in [0.25, 0.3) is 0 Å². The van der Waals surface area contributed by atoms with Crippen LogP contribution in [0.4, 0.5) is 23.3 Å². The first kappa shape index (κ1) is 12.8. The van der Waals surface area contributed by atoms with E-state index in [1.165, 1.54) is 6.07 Å². The van der Waals surface area contributed by atoms with Crippen molar-refractivity contribution in [1.29, 1.82) is 0 Å². The molecule has 0 saturated carbocycles. The molecule has 0 fully saturated rings. The maximum atomic E-state index is 10.8. The Hall–Kier alpha value is -2.69. The van der Waals surface area contributed by atoms with E-state index in [9.17, 15) is 10.1 Å². The zero-order chi connectivity index (χ0) is 14.0. The largest absolute Gasteiger partial charge is 0.383 e. The molecule has 0 aliphatic rings. The summed E-state index contributed by atoms with van der Waals surface area (Å²) in [5, 5.41) is 11.0. The van der Waals surface area contributed by atoms with Gasteiger partial charge in [-0.25, -0.2) is 15.0 Å². The number of hydrogen-bond donors (Lipinski definition) is 3. The number of nitrogen functional groups attached to an aromatic ring is 3. The molecular formula is C8H8N8O2S. The van der Waals surface area contributed by atoms with Gasteiger partial charge < -0.3 is 17.2 Å². The molecule has 0 amide bonds. The minimum Gasteiger partial charge on any atom is -0.383 e. The van der Waals surface area contributed by atoms with Gasteiger partial charge in [0.2, 0.25) is 5.95 Å². The summed E-state index contributed by atoms with van der Waals surface area (Å²) in [6.07, 6.45) is 1.01. The number of anilines is 3. The highest BCUT2D eigenvalue weighted by Crippen LogP contribution is 2.31. The summed E-state index contributed by atoms with van der Waals surface area (Å²) in [4.78, 5) is 25.3. The van der Waals surface area contributed by atoms with Crippen LogP contribution in [0.15, 0.2) is 22.4 Å². The minimum absolute atomic E-state index is 0.0162. The topological polar surface area (TPSA) is 173 Å². The molecule has 6 N–H and O–H groups in total. The van der Waals surface area contributed by atoms with Crippen molar-refractivity contribution in [3.8, 4) is 0 Å². The summed E-state index contributed by atoms with van der Waals surface area (Å²) in [6, 6.07) is 1.37. The van der Waals surface area contributed by atoms with Gasteiger partial charge in [0.15, 0.2) is 10.2 Å². The normalized spacial score (nSPS) is 10.3. The molecule has 2 aromatic rings. The van der Waals surface area contributed by atoms with E-state index in [-0.39, 0.29) is 33.5 Å². The smallest absolute Gasteiger partial charge is 0.320 e. The summed E-state index contributed by atoms with van der Waals surface area (Å²) in [5.74, 6) is 0.212. The van der Waals surface area contributed by atoms with Crippen LogP contribution < -0.4 is 17.2 Å². The highest BCUT2D eigenvalue weighted by molar-refractivity contribution is 7.99. The molecule has 0 radical (unpaired) electrons. The number of nitrogens with zero attached hydrogens (tertiary/aromatic N) is 5. The molecular weight excluding hydrogens is 272 g/mol. The number of nitro groups is 1. The molecule has 0 aliphatic heterocycles. The fraction of sp³-hybridized carbons (Fsp3) is 0. The SMILES string of the molecule is Nc1cc(N)nc(Sc2nc(N)ncc2[N+](=O)[O-])n1. The molecule has 98 valence electrons. The molecule has 2 aromatic heterocycles. The van der Waals surface area contributed by atoms with E-state index in [1.54, 1.807) is 0 Å². The summed E-state index contributed by atoms with van der Waals surface area (Å²) in [6.45, 7) is 0. The van der Waals surface area contributed by atoms with Crippen molar-refractivity contribution in [2.75, 3.05) is 17.2 Å². The van der Waals surface area contributed by atoms with Crippen LogP contribution in [0.3, 0.4) is 0 Å². The molecule has 0 aromatic carbocycles. The second-order valence-corrected chi connectivity index (χ2v) is 4.23. The van der Waals surface area contributed by atoms with Gasteiger partial charge in [0.25, 0.3) is 0 Å². The van der Waals surface area contributed by atoms with Gasteiger partial charge in [-0.3, -0.25) is 10.1 Å². The van der Waals surface area contributed by atoms with E-state index in [2.05, 4.69) is 19.9 Å². The lowest BCUT2D eigenvalue weighted by Crippen LogP contribution is -2.02. The van der Waals surface area contributed by atoms with Crippen LogP contribution in [0, 0.1) is 10.1 Å². The van der Waals surface area contributed by atoms with Gasteiger partial charge in [0, 0.05) is 6.07 Å². The van der Waals surface area contributed by atoms with Crippen LogP contribution in [0.2, 0.25) is 0 Å². The second-order valence-electron chi connectivity index (χ2n) is 3.28. The molecule has 0 atom stereocenters. The van der Waals surface area contributed by atoms with E-state index >= 15 is 0 Å². The second kappa shape index (κ2) is 4.89. The Bertz CT molecular complexity index is 628. The van der Waals surface area contributed by atoms with Crippen LogP contribution in [0.5, 0.6) is 0 Å². The third kappa shape index (κ3) is 2.95. The summed E-state index contributed by atoms with van der Waals surface area (Å²) < 4.78 is 0. The Balaban J connectivity index is 2.42. The standard InChI is InChI=1S/C8H8N8O2S/c9-4-1-5(10)14-8(13-4)19-6-3(16(17)18)2-12-7(11)15-6/h1-2H,(H2,11,12,15)(H4,9,10,13,14). The first-order valence-corrected chi connectivity index (χ1v) is 5.62. The molecule has 0 unspecified atom stereocenters. The molecule has 2 heterocycles. The van der Waals surface area contributed by atoms with Gasteiger partial charge in [-0.1, -0.05) is 0 Å². The van der Waals surface area contributed by atoms with Crippen LogP contribution in [-0.2, 0) is 0 Å². The lowest BCUT2D eigenvalue weighted by molar-refractivity contribution is -0.388. The van der Waals surface area contributed by atoms with Gasteiger partial charge in [0.1, 0.15) is 17.8 Å². The maximum absolute atomic E-state index is 10.8. The van der Waals surface area contributed by atoms with E-state index in [4.69, 9.17) is 17.2 Å². The highest BCUT2D eigenvalue weighted by atomic mass is 32.2. The van der Waals surface area contributed by atoms with Gasteiger partial charge in [-0.05, 0) is 11.8 Å². The summed E-state index contributed by atoms with van der Waals surface area (Å²) in [5.41, 5.74) is 16.1. The first-order chi connectivity index (χ1) is 8.95. The van der Waals surface area contributed by atoms with Crippen molar-refractivity contribution in [2.45, 2.75) is 10.2 Å². The van der Waals surface area contributed by atoms with Gasteiger partial charge >= 0.3 is 5.69 Å². The summed E-state index contributed by atoms with van der Waals surface area (Å²) in [7, 11) is 0. The monoisotopic (exact) mass is 280 g/mol. The van der Waals surface area contributed by atoms with Crippen molar-refractivity contribution >= 4 is 35.0 Å². The predicted molar refractivity (Wildman–Crippen MR) is 68.1 cm³/mol. The molecule has 2 rings (SSSR count). The molecule has 0 saturated heterocycles. The number of hydrogen-bond acceptors (Lipinski definition) is 10. The molecule has 11 heteroatoms. The molecule has 10 nitrogen and oxygen atoms in total. The van der Waals surface area contributed by atoms with Crippen molar-refractivity contribution < 1.29 is 4.92 Å². The van der Waals surface area contributed by atoms with E-state index in [0.717, 1.165) is 18.0 Å². The predicted octanol–water partition coefficient (Wildman–Crippen LogP) is 0.0726. The van der Waals surface area contributed by atoms with Crippen LogP contribution >= 0.6 is 11.8 Å². The Morgan fingerprint density at radius 2 is 1.79 bits per heavy atom.